The Hall–Kier alpha value is -1.02. The fourth-order valence-electron chi connectivity index (χ4n) is 3.65. The van der Waals surface area contributed by atoms with Crippen LogP contribution in [0.15, 0.2) is 24.3 Å². The van der Waals surface area contributed by atoms with Crippen molar-refractivity contribution < 1.29 is 5.11 Å². The average molecular weight is 275 g/mol. The molecule has 112 valence electrons. The highest BCUT2D eigenvalue weighted by atomic mass is 16.3. The zero-order chi connectivity index (χ0) is 14.8. The van der Waals surface area contributed by atoms with E-state index < -0.39 is 0 Å². The van der Waals surface area contributed by atoms with Crippen molar-refractivity contribution in [3.63, 3.8) is 0 Å². The fourth-order valence-corrected chi connectivity index (χ4v) is 3.65. The van der Waals surface area contributed by atoms with E-state index in [2.05, 4.69) is 26.8 Å². The first-order valence-electron chi connectivity index (χ1n) is 7.83. The molecule has 2 heteroatoms. The maximum absolute atomic E-state index is 9.62. The van der Waals surface area contributed by atoms with E-state index >= 15 is 0 Å². The molecule has 20 heavy (non-hydrogen) atoms. The molecule has 0 spiro atoms. The van der Waals surface area contributed by atoms with Crippen LogP contribution in [0.3, 0.4) is 0 Å². The van der Waals surface area contributed by atoms with Gasteiger partial charge >= 0.3 is 0 Å². The van der Waals surface area contributed by atoms with Crippen molar-refractivity contribution in [2.45, 2.75) is 52.9 Å². The second-order valence-corrected chi connectivity index (χ2v) is 7.69. The predicted molar refractivity (Wildman–Crippen MR) is 84.7 cm³/mol. The Morgan fingerprint density at radius 2 is 1.90 bits per heavy atom. The molecule has 1 fully saturated rings. The van der Waals surface area contributed by atoms with E-state index in [0.717, 1.165) is 18.9 Å². The summed E-state index contributed by atoms with van der Waals surface area (Å²) in [6.45, 7) is 7.80. The molecule has 2 rings (SSSR count). The predicted octanol–water partition coefficient (Wildman–Crippen LogP) is 4.12. The van der Waals surface area contributed by atoms with E-state index in [4.69, 9.17) is 5.73 Å². The number of rotatable bonds is 3. The molecule has 0 radical (unpaired) electrons. The number of hydrogen-bond acceptors (Lipinski definition) is 2. The minimum atomic E-state index is 0.232. The van der Waals surface area contributed by atoms with Gasteiger partial charge < -0.3 is 10.8 Å². The van der Waals surface area contributed by atoms with Gasteiger partial charge in [0.1, 0.15) is 5.75 Å². The van der Waals surface area contributed by atoms with E-state index in [9.17, 15) is 5.11 Å². The maximum Gasteiger partial charge on any atom is 0.115 e. The zero-order valence-corrected chi connectivity index (χ0v) is 13.2. The van der Waals surface area contributed by atoms with Crippen LogP contribution in [0.2, 0.25) is 0 Å². The highest BCUT2D eigenvalue weighted by Crippen LogP contribution is 2.46. The Morgan fingerprint density at radius 3 is 2.40 bits per heavy atom. The monoisotopic (exact) mass is 275 g/mol. The maximum atomic E-state index is 9.62. The Bertz CT molecular complexity index is 439. The van der Waals surface area contributed by atoms with Gasteiger partial charge in [0, 0.05) is 0 Å². The van der Waals surface area contributed by atoms with E-state index in [1.807, 2.05) is 12.1 Å². The SMILES string of the molecule is CC(C)(C)C1CCC(CN)(Cc2cccc(O)c2)CC1. The smallest absolute Gasteiger partial charge is 0.115 e. The van der Waals surface area contributed by atoms with Gasteiger partial charge in [-0.15, -0.1) is 0 Å². The third kappa shape index (κ3) is 3.54. The van der Waals surface area contributed by atoms with Crippen LogP contribution in [-0.2, 0) is 6.42 Å². The molecule has 0 unspecified atom stereocenters. The summed E-state index contributed by atoms with van der Waals surface area (Å²) in [7, 11) is 0. The molecule has 1 saturated carbocycles. The number of hydrogen-bond donors (Lipinski definition) is 2. The molecule has 0 heterocycles. The van der Waals surface area contributed by atoms with Crippen molar-refractivity contribution in [1.29, 1.82) is 0 Å². The van der Waals surface area contributed by atoms with Crippen LogP contribution >= 0.6 is 0 Å². The van der Waals surface area contributed by atoms with Gasteiger partial charge in [0.15, 0.2) is 0 Å². The van der Waals surface area contributed by atoms with E-state index in [1.165, 1.54) is 31.2 Å². The third-order valence-corrected chi connectivity index (χ3v) is 5.19. The second-order valence-electron chi connectivity index (χ2n) is 7.69. The first-order valence-corrected chi connectivity index (χ1v) is 7.83. The van der Waals surface area contributed by atoms with Crippen LogP contribution in [0.4, 0.5) is 0 Å². The Morgan fingerprint density at radius 1 is 1.25 bits per heavy atom. The molecule has 2 nitrogen and oxygen atoms in total. The van der Waals surface area contributed by atoms with Gasteiger partial charge in [-0.2, -0.15) is 0 Å². The molecular formula is C18H29NO. The summed E-state index contributed by atoms with van der Waals surface area (Å²) in [6.07, 6.45) is 5.97. The van der Waals surface area contributed by atoms with Crippen molar-refractivity contribution in [2.75, 3.05) is 6.54 Å². The normalized spacial score (nSPS) is 27.5. The summed E-state index contributed by atoms with van der Waals surface area (Å²) in [4.78, 5) is 0. The highest BCUT2D eigenvalue weighted by molar-refractivity contribution is 5.28. The molecule has 0 atom stereocenters. The van der Waals surface area contributed by atoms with Gasteiger partial charge in [0.2, 0.25) is 0 Å². The lowest BCUT2D eigenvalue weighted by Crippen LogP contribution is -2.39. The molecule has 0 amide bonds. The first-order chi connectivity index (χ1) is 9.35. The average Bonchev–Trinajstić information content (AvgIpc) is 2.38. The standard InChI is InChI=1S/C18H29NO/c1-17(2,3)15-7-9-18(13-19,10-8-15)12-14-5-4-6-16(20)11-14/h4-6,11,15,20H,7-10,12-13,19H2,1-3H3. The third-order valence-electron chi connectivity index (χ3n) is 5.19. The molecule has 0 aromatic heterocycles. The van der Waals surface area contributed by atoms with Crippen LogP contribution in [0.25, 0.3) is 0 Å². The Kier molecular flexibility index (Phi) is 4.43. The molecule has 3 N–H and O–H groups in total. The zero-order valence-electron chi connectivity index (χ0n) is 13.2. The molecular weight excluding hydrogens is 246 g/mol. The summed E-state index contributed by atoms with van der Waals surface area (Å²) in [6, 6.07) is 7.64. The van der Waals surface area contributed by atoms with Gasteiger partial charge in [-0.05, 0) is 73.1 Å². The number of phenolic OH excluding ortho intramolecular Hbond substituents is 1. The Balaban J connectivity index is 2.05. The molecule has 1 aliphatic carbocycles. The fraction of sp³-hybridized carbons (Fsp3) is 0.667. The van der Waals surface area contributed by atoms with Crippen LogP contribution in [0, 0.1) is 16.7 Å². The van der Waals surface area contributed by atoms with Gasteiger partial charge in [-0.25, -0.2) is 0 Å². The van der Waals surface area contributed by atoms with Crippen LogP contribution < -0.4 is 5.73 Å². The largest absolute Gasteiger partial charge is 0.508 e. The Labute approximate surface area is 123 Å². The number of nitrogens with two attached hydrogens (primary N) is 1. The molecule has 0 bridgehead atoms. The highest BCUT2D eigenvalue weighted by Gasteiger charge is 2.37. The van der Waals surface area contributed by atoms with Crippen LogP contribution in [0.5, 0.6) is 5.75 Å². The van der Waals surface area contributed by atoms with Crippen molar-refractivity contribution in [2.24, 2.45) is 22.5 Å². The van der Waals surface area contributed by atoms with Crippen molar-refractivity contribution in [3.8, 4) is 5.75 Å². The summed E-state index contributed by atoms with van der Waals surface area (Å²) in [5, 5.41) is 9.62. The quantitative estimate of drug-likeness (QED) is 0.871. The molecule has 1 aromatic rings. The van der Waals surface area contributed by atoms with Crippen molar-refractivity contribution in [3.05, 3.63) is 29.8 Å². The molecule has 0 saturated heterocycles. The summed E-state index contributed by atoms with van der Waals surface area (Å²) in [5.74, 6) is 1.17. The molecule has 1 aromatic carbocycles. The van der Waals surface area contributed by atoms with Gasteiger partial charge in [0.25, 0.3) is 0 Å². The molecule has 0 aliphatic heterocycles. The van der Waals surface area contributed by atoms with E-state index in [1.54, 1.807) is 6.07 Å². The van der Waals surface area contributed by atoms with Crippen molar-refractivity contribution in [1.82, 2.24) is 0 Å². The summed E-state index contributed by atoms with van der Waals surface area (Å²) >= 11 is 0. The summed E-state index contributed by atoms with van der Waals surface area (Å²) in [5.41, 5.74) is 7.97. The van der Waals surface area contributed by atoms with Gasteiger partial charge in [-0.3, -0.25) is 0 Å². The number of phenols is 1. The lowest BCUT2D eigenvalue weighted by atomic mass is 9.62. The van der Waals surface area contributed by atoms with Crippen LogP contribution in [-0.4, -0.2) is 11.7 Å². The van der Waals surface area contributed by atoms with E-state index in [-0.39, 0.29) is 5.41 Å². The minimum Gasteiger partial charge on any atom is -0.508 e. The van der Waals surface area contributed by atoms with Gasteiger partial charge in [0.05, 0.1) is 0 Å². The van der Waals surface area contributed by atoms with Crippen LogP contribution in [0.1, 0.15) is 52.0 Å². The van der Waals surface area contributed by atoms with Crippen molar-refractivity contribution >= 4 is 0 Å². The summed E-state index contributed by atoms with van der Waals surface area (Å²) < 4.78 is 0. The lowest BCUT2D eigenvalue weighted by Gasteiger charge is -2.44. The lowest BCUT2D eigenvalue weighted by molar-refractivity contribution is 0.0926. The van der Waals surface area contributed by atoms with Gasteiger partial charge in [-0.1, -0.05) is 32.9 Å². The topological polar surface area (TPSA) is 46.2 Å². The number of aromatic hydroxyl groups is 1. The first kappa shape index (κ1) is 15.4. The second kappa shape index (κ2) is 5.77. The number of benzene rings is 1. The van der Waals surface area contributed by atoms with E-state index in [0.29, 0.717) is 11.2 Å². The minimum absolute atomic E-state index is 0.232. The molecule has 1 aliphatic rings.